The van der Waals surface area contributed by atoms with Crippen LogP contribution in [-0.2, 0) is 14.3 Å². The van der Waals surface area contributed by atoms with Crippen LogP contribution < -0.4 is 4.74 Å². The van der Waals surface area contributed by atoms with Gasteiger partial charge in [0.1, 0.15) is 11.4 Å². The van der Waals surface area contributed by atoms with E-state index in [-0.39, 0.29) is 30.2 Å². The molecule has 7 heteroatoms. The molecule has 7 nitrogen and oxygen atoms in total. The number of rotatable bonds is 5. The van der Waals surface area contributed by atoms with Gasteiger partial charge in [-0.05, 0) is 82.1 Å². The maximum atomic E-state index is 12.6. The molecule has 1 aromatic rings. The molecule has 1 aliphatic carbocycles. The second kappa shape index (κ2) is 10.8. The Balaban J connectivity index is 1.21. The zero-order chi connectivity index (χ0) is 25.0. The number of nitrogens with zero attached hydrogens (tertiary/aromatic N) is 2. The Morgan fingerprint density at radius 3 is 2.26 bits per heavy atom. The molecular formula is C28H38N2O5. The Morgan fingerprint density at radius 1 is 0.971 bits per heavy atom. The Hall–Kier alpha value is -2.83. The van der Waals surface area contributed by atoms with Gasteiger partial charge in [0.25, 0.3) is 0 Å². The molecule has 2 aliphatic heterocycles. The number of amides is 2. The molecule has 0 radical (unpaired) electrons. The predicted molar refractivity (Wildman–Crippen MR) is 134 cm³/mol. The molecule has 0 N–H and O–H groups in total. The van der Waals surface area contributed by atoms with E-state index in [1.54, 1.807) is 9.80 Å². The second-order valence-corrected chi connectivity index (χ2v) is 11.0. The van der Waals surface area contributed by atoms with E-state index in [0.717, 1.165) is 37.9 Å². The summed E-state index contributed by atoms with van der Waals surface area (Å²) in [4.78, 5) is 39.9. The van der Waals surface area contributed by atoms with Crippen LogP contribution in [0.1, 0.15) is 64.9 Å². The first-order valence-electron chi connectivity index (χ1n) is 12.9. The number of hydrogen-bond acceptors (Lipinski definition) is 5. The highest BCUT2D eigenvalue weighted by Gasteiger charge is 2.31. The number of Topliss-reactive ketones (excluding diaryl/α,β-unsaturated/α-hetero) is 1. The van der Waals surface area contributed by atoms with Gasteiger partial charge in [0.05, 0.1) is 13.2 Å². The molecular weight excluding hydrogens is 444 g/mol. The summed E-state index contributed by atoms with van der Waals surface area (Å²) in [7, 11) is 0. The van der Waals surface area contributed by atoms with Gasteiger partial charge in [0.2, 0.25) is 5.91 Å². The molecule has 2 heterocycles. The second-order valence-electron chi connectivity index (χ2n) is 11.0. The van der Waals surface area contributed by atoms with Crippen molar-refractivity contribution in [3.05, 3.63) is 35.9 Å². The lowest BCUT2D eigenvalue weighted by Crippen LogP contribution is -2.42. The van der Waals surface area contributed by atoms with Crippen molar-refractivity contribution >= 4 is 23.4 Å². The Kier molecular flexibility index (Phi) is 7.82. The summed E-state index contributed by atoms with van der Waals surface area (Å²) in [6.45, 7) is 8.58. The number of benzene rings is 1. The minimum absolute atomic E-state index is 0.00556. The number of ketones is 1. The molecule has 3 aliphatic rings. The van der Waals surface area contributed by atoms with E-state index in [1.165, 1.54) is 11.1 Å². The third-order valence-electron chi connectivity index (χ3n) is 7.08. The van der Waals surface area contributed by atoms with Crippen molar-refractivity contribution in [3.8, 4) is 5.75 Å². The number of allylic oxidation sites excluding steroid dienone is 2. The minimum atomic E-state index is -0.467. The lowest BCUT2D eigenvalue weighted by atomic mass is 9.86. The topological polar surface area (TPSA) is 76.2 Å². The summed E-state index contributed by atoms with van der Waals surface area (Å²) in [5.41, 5.74) is 1.98. The van der Waals surface area contributed by atoms with Crippen LogP contribution in [0.15, 0.2) is 30.3 Å². The van der Waals surface area contributed by atoms with Crippen molar-refractivity contribution in [2.24, 2.45) is 11.8 Å². The van der Waals surface area contributed by atoms with Gasteiger partial charge in [0, 0.05) is 32.0 Å². The summed E-state index contributed by atoms with van der Waals surface area (Å²) >= 11 is 0. The van der Waals surface area contributed by atoms with Crippen molar-refractivity contribution < 1.29 is 23.9 Å². The van der Waals surface area contributed by atoms with Crippen molar-refractivity contribution in [1.29, 1.82) is 0 Å². The number of carbonyl (C=O) groups excluding carboxylic acids is 3. The molecule has 0 saturated carbocycles. The largest absolute Gasteiger partial charge is 0.493 e. The molecule has 2 amide bonds. The van der Waals surface area contributed by atoms with Crippen molar-refractivity contribution in [2.45, 2.75) is 64.9 Å². The van der Waals surface area contributed by atoms with Crippen molar-refractivity contribution in [2.75, 3.05) is 32.8 Å². The Bertz CT molecular complexity index is 955. The van der Waals surface area contributed by atoms with E-state index in [0.29, 0.717) is 38.6 Å². The highest BCUT2D eigenvalue weighted by molar-refractivity contribution is 5.90. The van der Waals surface area contributed by atoms with E-state index in [9.17, 15) is 14.4 Å². The molecule has 0 aromatic heterocycles. The van der Waals surface area contributed by atoms with Gasteiger partial charge in [0.15, 0.2) is 5.78 Å². The molecule has 35 heavy (non-hydrogen) atoms. The lowest BCUT2D eigenvalue weighted by Gasteiger charge is -2.33. The van der Waals surface area contributed by atoms with Gasteiger partial charge >= 0.3 is 6.09 Å². The first kappa shape index (κ1) is 25.3. The highest BCUT2D eigenvalue weighted by Crippen LogP contribution is 2.32. The van der Waals surface area contributed by atoms with Crippen LogP contribution >= 0.6 is 0 Å². The average molecular weight is 483 g/mol. The lowest BCUT2D eigenvalue weighted by molar-refractivity contribution is -0.135. The van der Waals surface area contributed by atoms with E-state index < -0.39 is 5.60 Å². The highest BCUT2D eigenvalue weighted by atomic mass is 16.6. The number of likely N-dealkylation sites (tertiary alicyclic amines) is 2. The van der Waals surface area contributed by atoms with Gasteiger partial charge < -0.3 is 19.3 Å². The molecule has 1 aromatic carbocycles. The fraction of sp³-hybridized carbons (Fsp3) is 0.607. The van der Waals surface area contributed by atoms with Gasteiger partial charge in [-0.3, -0.25) is 9.59 Å². The first-order valence-corrected chi connectivity index (χ1v) is 12.9. The third kappa shape index (κ3) is 6.86. The van der Waals surface area contributed by atoms with Gasteiger partial charge in [-0.15, -0.1) is 0 Å². The van der Waals surface area contributed by atoms with Crippen molar-refractivity contribution in [1.82, 2.24) is 9.80 Å². The van der Waals surface area contributed by atoms with Crippen molar-refractivity contribution in [3.63, 3.8) is 0 Å². The summed E-state index contributed by atoms with van der Waals surface area (Å²) in [5.74, 6) is 1.57. The fourth-order valence-corrected chi connectivity index (χ4v) is 4.99. The van der Waals surface area contributed by atoms with E-state index in [2.05, 4.69) is 18.2 Å². The molecule has 4 rings (SSSR count). The number of ether oxygens (including phenoxy) is 2. The van der Waals surface area contributed by atoms with Crippen LogP contribution in [-0.4, -0.2) is 66.0 Å². The number of carbonyl (C=O) groups is 3. The van der Waals surface area contributed by atoms with Crippen LogP contribution in [0.3, 0.4) is 0 Å². The Labute approximate surface area is 208 Å². The first-order chi connectivity index (χ1) is 16.7. The summed E-state index contributed by atoms with van der Waals surface area (Å²) < 4.78 is 11.5. The standard InChI is InChI=1S/C28H38N2O5/c1-28(2,3)35-27(33)29-15-12-20(13-16-29)19-34-25-10-8-22(9-11-25)21-4-6-23(7-5-21)26(32)30-17-14-24(31)18-30/h4,8-11,20,23H,5-7,12-19H2,1-3H3. The molecule has 1 unspecified atom stereocenters. The maximum absolute atomic E-state index is 12.6. The summed E-state index contributed by atoms with van der Waals surface area (Å²) in [5, 5.41) is 0. The fourth-order valence-electron chi connectivity index (χ4n) is 4.99. The van der Waals surface area contributed by atoms with E-state index in [4.69, 9.17) is 9.47 Å². The van der Waals surface area contributed by atoms with E-state index in [1.807, 2.05) is 32.9 Å². The van der Waals surface area contributed by atoms with Crippen LogP contribution in [0.5, 0.6) is 5.75 Å². The molecule has 2 saturated heterocycles. The SMILES string of the molecule is CC(C)(C)OC(=O)N1CCC(COc2ccc(C3=CCC(C(=O)N4CCC(=O)C4)CC3)cc2)CC1. The van der Waals surface area contributed by atoms with Crippen LogP contribution in [0, 0.1) is 11.8 Å². The number of piperidine rings is 1. The zero-order valence-electron chi connectivity index (χ0n) is 21.3. The van der Waals surface area contributed by atoms with Crippen LogP contribution in [0.4, 0.5) is 4.79 Å². The smallest absolute Gasteiger partial charge is 0.410 e. The molecule has 0 spiro atoms. The summed E-state index contributed by atoms with van der Waals surface area (Å²) in [6.07, 6.45) is 6.71. The van der Waals surface area contributed by atoms with Gasteiger partial charge in [-0.1, -0.05) is 18.2 Å². The van der Waals surface area contributed by atoms with E-state index >= 15 is 0 Å². The third-order valence-corrected chi connectivity index (χ3v) is 7.08. The van der Waals surface area contributed by atoms with Crippen LogP contribution in [0.2, 0.25) is 0 Å². The Morgan fingerprint density at radius 2 is 1.69 bits per heavy atom. The summed E-state index contributed by atoms with van der Waals surface area (Å²) in [6, 6.07) is 8.21. The maximum Gasteiger partial charge on any atom is 0.410 e. The average Bonchev–Trinajstić information content (AvgIpc) is 3.28. The molecule has 1 atom stereocenters. The van der Waals surface area contributed by atoms with Crippen LogP contribution in [0.25, 0.3) is 5.57 Å². The molecule has 190 valence electrons. The molecule has 2 fully saturated rings. The molecule has 0 bridgehead atoms. The minimum Gasteiger partial charge on any atom is -0.493 e. The predicted octanol–water partition coefficient (Wildman–Crippen LogP) is 4.70. The van der Waals surface area contributed by atoms with Gasteiger partial charge in [-0.25, -0.2) is 4.79 Å². The normalized spacial score (nSPS) is 21.6. The van der Waals surface area contributed by atoms with Gasteiger partial charge in [-0.2, -0.15) is 0 Å². The monoisotopic (exact) mass is 482 g/mol. The zero-order valence-corrected chi connectivity index (χ0v) is 21.3. The quantitative estimate of drug-likeness (QED) is 0.608. The number of hydrogen-bond donors (Lipinski definition) is 0.